The quantitative estimate of drug-likeness (QED) is 0.854. The molecule has 0 unspecified atom stereocenters. The van der Waals surface area contributed by atoms with Crippen molar-refractivity contribution in [2.75, 3.05) is 4.72 Å². The number of aryl methyl sites for hydroxylation is 1. The highest BCUT2D eigenvalue weighted by Gasteiger charge is 2.18. The fourth-order valence-electron chi connectivity index (χ4n) is 1.44. The Bertz CT molecular complexity index is 790. The van der Waals surface area contributed by atoms with Gasteiger partial charge in [0.15, 0.2) is 0 Å². The van der Waals surface area contributed by atoms with E-state index in [1.54, 1.807) is 6.07 Å². The minimum Gasteiger partial charge on any atom is -0.279 e. The SMILES string of the molecule is Cc1cc(S(=O)(=O)Nc2ccc(Cl)c(C#N)c2)sc1Br. The van der Waals surface area contributed by atoms with E-state index in [1.807, 2.05) is 13.0 Å². The molecule has 0 radical (unpaired) electrons. The summed E-state index contributed by atoms with van der Waals surface area (Å²) in [4.78, 5) is 0. The lowest BCUT2D eigenvalue weighted by Gasteiger charge is -2.06. The summed E-state index contributed by atoms with van der Waals surface area (Å²) in [6, 6.07) is 7.87. The Morgan fingerprint density at radius 2 is 2.10 bits per heavy atom. The largest absolute Gasteiger partial charge is 0.279 e. The number of rotatable bonds is 3. The van der Waals surface area contributed by atoms with Crippen LogP contribution >= 0.6 is 38.9 Å². The summed E-state index contributed by atoms with van der Waals surface area (Å²) in [5.74, 6) is 0. The highest BCUT2D eigenvalue weighted by atomic mass is 79.9. The van der Waals surface area contributed by atoms with Gasteiger partial charge >= 0.3 is 0 Å². The molecule has 0 amide bonds. The Morgan fingerprint density at radius 1 is 1.40 bits per heavy atom. The summed E-state index contributed by atoms with van der Waals surface area (Å²) < 4.78 is 27.8. The molecule has 2 aromatic rings. The Morgan fingerprint density at radius 3 is 2.65 bits per heavy atom. The van der Waals surface area contributed by atoms with E-state index >= 15 is 0 Å². The second-order valence-corrected chi connectivity index (χ2v) is 8.62. The van der Waals surface area contributed by atoms with Crippen molar-refractivity contribution in [1.29, 1.82) is 5.26 Å². The van der Waals surface area contributed by atoms with Crippen molar-refractivity contribution >= 4 is 54.6 Å². The number of nitrogens with zero attached hydrogens (tertiary/aromatic N) is 1. The molecule has 0 fully saturated rings. The zero-order chi connectivity index (χ0) is 14.9. The normalized spacial score (nSPS) is 11.1. The monoisotopic (exact) mass is 390 g/mol. The molecule has 2 rings (SSSR count). The number of thiophene rings is 1. The van der Waals surface area contributed by atoms with Crippen molar-refractivity contribution in [3.8, 4) is 6.07 Å². The third-order valence-electron chi connectivity index (χ3n) is 2.44. The van der Waals surface area contributed by atoms with Crippen LogP contribution in [0.4, 0.5) is 5.69 Å². The highest BCUT2D eigenvalue weighted by molar-refractivity contribution is 9.11. The summed E-state index contributed by atoms with van der Waals surface area (Å²) in [6.07, 6.45) is 0. The van der Waals surface area contributed by atoms with Crippen LogP contribution < -0.4 is 4.72 Å². The van der Waals surface area contributed by atoms with E-state index in [0.717, 1.165) is 20.7 Å². The van der Waals surface area contributed by atoms with Gasteiger partial charge in [-0.2, -0.15) is 5.26 Å². The van der Waals surface area contributed by atoms with E-state index in [4.69, 9.17) is 16.9 Å². The van der Waals surface area contributed by atoms with E-state index in [-0.39, 0.29) is 14.8 Å². The first-order chi connectivity index (χ1) is 9.33. The van der Waals surface area contributed by atoms with Crippen LogP contribution in [-0.4, -0.2) is 8.42 Å². The van der Waals surface area contributed by atoms with Crippen LogP contribution in [0.2, 0.25) is 5.02 Å². The lowest BCUT2D eigenvalue weighted by molar-refractivity contribution is 0.603. The van der Waals surface area contributed by atoms with Crippen molar-refractivity contribution in [3.05, 3.63) is 44.2 Å². The first kappa shape index (κ1) is 15.3. The fraction of sp³-hybridized carbons (Fsp3) is 0.0833. The maximum absolute atomic E-state index is 12.2. The molecule has 4 nitrogen and oxygen atoms in total. The Hall–Kier alpha value is -1.07. The Labute approximate surface area is 134 Å². The number of hydrogen-bond donors (Lipinski definition) is 1. The molecule has 104 valence electrons. The van der Waals surface area contributed by atoms with Crippen LogP contribution in [0.25, 0.3) is 0 Å². The van der Waals surface area contributed by atoms with E-state index in [0.29, 0.717) is 5.69 Å². The maximum atomic E-state index is 12.2. The van der Waals surface area contributed by atoms with Gasteiger partial charge in [-0.1, -0.05) is 11.6 Å². The lowest BCUT2D eigenvalue weighted by atomic mass is 10.2. The molecule has 0 bridgehead atoms. The molecule has 0 saturated heterocycles. The molecule has 0 saturated carbocycles. The highest BCUT2D eigenvalue weighted by Crippen LogP contribution is 2.32. The van der Waals surface area contributed by atoms with Crippen LogP contribution in [0, 0.1) is 18.3 Å². The number of halogens is 2. The molecule has 0 atom stereocenters. The number of benzene rings is 1. The molecule has 8 heteroatoms. The lowest BCUT2D eigenvalue weighted by Crippen LogP contribution is -2.11. The Kier molecular flexibility index (Phi) is 4.39. The Balaban J connectivity index is 2.36. The van der Waals surface area contributed by atoms with Gasteiger partial charge in [-0.05, 0) is 52.7 Å². The molecule has 0 spiro atoms. The van der Waals surface area contributed by atoms with Gasteiger partial charge in [0, 0.05) is 0 Å². The molecular weight excluding hydrogens is 384 g/mol. The predicted octanol–water partition coefficient (Wildman–Crippen LogP) is 4.14. The van der Waals surface area contributed by atoms with Crippen molar-refractivity contribution in [3.63, 3.8) is 0 Å². The van der Waals surface area contributed by atoms with Crippen LogP contribution in [-0.2, 0) is 10.0 Å². The number of nitriles is 1. The number of hydrogen-bond acceptors (Lipinski definition) is 4. The van der Waals surface area contributed by atoms with Gasteiger partial charge in [0.25, 0.3) is 10.0 Å². The molecule has 0 aliphatic rings. The standard InChI is InChI=1S/C12H8BrClN2O2S2/c1-7-4-11(19-12(7)13)20(17,18)16-9-2-3-10(14)8(5-9)6-15/h2-5,16H,1H3. The van der Waals surface area contributed by atoms with Crippen molar-refractivity contribution in [2.45, 2.75) is 11.1 Å². The van der Waals surface area contributed by atoms with Crippen LogP contribution in [0.15, 0.2) is 32.3 Å². The molecule has 1 N–H and O–H groups in total. The first-order valence-corrected chi connectivity index (χ1v) is 8.79. The predicted molar refractivity (Wildman–Crippen MR) is 83.7 cm³/mol. The average molecular weight is 392 g/mol. The van der Waals surface area contributed by atoms with E-state index in [9.17, 15) is 8.42 Å². The fourth-order valence-corrected chi connectivity index (χ4v) is 4.88. The summed E-state index contributed by atoms with van der Waals surface area (Å²) in [6.45, 7) is 1.82. The molecule has 1 heterocycles. The third kappa shape index (κ3) is 3.15. The molecule has 0 aliphatic heterocycles. The van der Waals surface area contributed by atoms with Gasteiger partial charge in [-0.15, -0.1) is 11.3 Å². The zero-order valence-electron chi connectivity index (χ0n) is 10.1. The minimum absolute atomic E-state index is 0.204. The van der Waals surface area contributed by atoms with Gasteiger partial charge in [-0.25, -0.2) is 8.42 Å². The van der Waals surface area contributed by atoms with Gasteiger partial charge in [0.1, 0.15) is 10.3 Å². The van der Waals surface area contributed by atoms with Gasteiger partial charge in [0.2, 0.25) is 0 Å². The van der Waals surface area contributed by atoms with Gasteiger partial charge in [0.05, 0.1) is 20.1 Å². The van der Waals surface area contributed by atoms with Gasteiger partial charge in [-0.3, -0.25) is 4.72 Å². The number of sulfonamides is 1. The van der Waals surface area contributed by atoms with E-state index in [2.05, 4.69) is 20.7 Å². The van der Waals surface area contributed by atoms with Crippen LogP contribution in [0.1, 0.15) is 11.1 Å². The summed E-state index contributed by atoms with van der Waals surface area (Å²) in [5.41, 5.74) is 1.37. The number of anilines is 1. The minimum atomic E-state index is -3.67. The summed E-state index contributed by atoms with van der Waals surface area (Å²) in [7, 11) is -3.67. The molecule has 0 aliphatic carbocycles. The molecule has 1 aromatic heterocycles. The summed E-state index contributed by atoms with van der Waals surface area (Å²) >= 11 is 10.2. The zero-order valence-corrected chi connectivity index (χ0v) is 14.1. The smallest absolute Gasteiger partial charge is 0.271 e. The average Bonchev–Trinajstić information content (AvgIpc) is 2.72. The van der Waals surface area contributed by atoms with Crippen molar-refractivity contribution < 1.29 is 8.42 Å². The topological polar surface area (TPSA) is 70.0 Å². The summed E-state index contributed by atoms with van der Waals surface area (Å²) in [5, 5.41) is 9.16. The molecule has 1 aromatic carbocycles. The second-order valence-electron chi connectivity index (χ2n) is 3.93. The third-order valence-corrected chi connectivity index (χ3v) is 6.76. The van der Waals surface area contributed by atoms with Crippen molar-refractivity contribution in [1.82, 2.24) is 0 Å². The maximum Gasteiger partial charge on any atom is 0.271 e. The van der Waals surface area contributed by atoms with E-state index in [1.165, 1.54) is 18.2 Å². The first-order valence-electron chi connectivity index (χ1n) is 5.32. The van der Waals surface area contributed by atoms with Crippen molar-refractivity contribution in [2.24, 2.45) is 0 Å². The van der Waals surface area contributed by atoms with E-state index < -0.39 is 10.0 Å². The second kappa shape index (κ2) is 5.74. The molecular formula is C12H8BrClN2O2S2. The van der Waals surface area contributed by atoms with Gasteiger partial charge < -0.3 is 0 Å². The number of nitrogens with one attached hydrogen (secondary N) is 1. The van der Waals surface area contributed by atoms with Crippen LogP contribution in [0.5, 0.6) is 0 Å². The van der Waals surface area contributed by atoms with Crippen LogP contribution in [0.3, 0.4) is 0 Å². The molecule has 20 heavy (non-hydrogen) atoms.